The molecule has 1 aliphatic heterocycles. The molecule has 1 aliphatic rings. The minimum Gasteiger partial charge on any atom is -0.493 e. The van der Waals surface area contributed by atoms with Crippen molar-refractivity contribution < 1.29 is 14.6 Å². The van der Waals surface area contributed by atoms with Crippen molar-refractivity contribution in [2.24, 2.45) is 17.0 Å². The topological polar surface area (TPSA) is 76.2 Å². The van der Waals surface area contributed by atoms with Gasteiger partial charge < -0.3 is 9.84 Å². The van der Waals surface area contributed by atoms with Gasteiger partial charge in [0.15, 0.2) is 4.80 Å². The second-order valence-electron chi connectivity index (χ2n) is 6.39. The number of carbonyl (C=O) groups is 1. The molecule has 0 bridgehead atoms. The van der Waals surface area contributed by atoms with Gasteiger partial charge in [0.1, 0.15) is 0 Å². The van der Waals surface area contributed by atoms with Crippen LogP contribution < -0.4 is 4.80 Å². The minimum absolute atomic E-state index is 0.141. The van der Waals surface area contributed by atoms with E-state index in [-0.39, 0.29) is 11.8 Å². The van der Waals surface area contributed by atoms with Gasteiger partial charge in [-0.25, -0.2) is 9.79 Å². The maximum absolute atomic E-state index is 11.8. The number of hydrogen-bond acceptors (Lipinski definition) is 6. The largest absolute Gasteiger partial charge is 0.493 e. The minimum atomic E-state index is -0.356. The quantitative estimate of drug-likeness (QED) is 0.651. The standard InChI is InChI=1S/C22H19N3O3S/c1-3-28-21(27)14-8-10-16(11-9-14)24-22-25(2)20(26)19(29-22)12-15-13-23-18-7-5-4-6-17(15)18/h4-13,26H,3H2,1-2H3/b15-12+,24-22?. The molecule has 0 fully saturated rings. The van der Waals surface area contributed by atoms with E-state index in [1.54, 1.807) is 49.0 Å². The van der Waals surface area contributed by atoms with E-state index < -0.39 is 0 Å². The van der Waals surface area contributed by atoms with E-state index in [1.807, 2.05) is 30.3 Å². The zero-order valence-corrected chi connectivity index (χ0v) is 16.8. The van der Waals surface area contributed by atoms with E-state index in [1.165, 1.54) is 11.3 Å². The Hall–Kier alpha value is -3.45. The van der Waals surface area contributed by atoms with Crippen molar-refractivity contribution >= 4 is 46.5 Å². The molecule has 2 aromatic carbocycles. The number of aromatic nitrogens is 1. The number of allylic oxidation sites excluding steroid dienone is 1. The molecule has 0 atom stereocenters. The third-order valence-electron chi connectivity index (χ3n) is 4.47. The van der Waals surface area contributed by atoms with E-state index in [0.29, 0.717) is 27.5 Å². The SMILES string of the molecule is CCOC(=O)c1ccc(N=c2sc(/C=C3\C=Nc4ccccc43)c(O)n2C)cc1. The number of carbonyl (C=O) groups excluding carboxylic acids is 1. The fourth-order valence-corrected chi connectivity index (χ4v) is 3.94. The molecule has 29 heavy (non-hydrogen) atoms. The number of fused-ring (bicyclic) bond motifs is 1. The summed E-state index contributed by atoms with van der Waals surface area (Å²) in [5.41, 5.74) is 4.07. The number of thiazole rings is 1. The summed E-state index contributed by atoms with van der Waals surface area (Å²) in [7, 11) is 1.76. The molecule has 1 N–H and O–H groups in total. The van der Waals surface area contributed by atoms with Crippen LogP contribution in [-0.4, -0.2) is 28.5 Å². The summed E-state index contributed by atoms with van der Waals surface area (Å²) in [4.78, 5) is 22.1. The van der Waals surface area contributed by atoms with E-state index >= 15 is 0 Å². The molecule has 0 saturated carbocycles. The molecular formula is C22H19N3O3S. The molecule has 146 valence electrons. The van der Waals surface area contributed by atoms with E-state index in [9.17, 15) is 9.90 Å². The van der Waals surface area contributed by atoms with Crippen molar-refractivity contribution in [3.63, 3.8) is 0 Å². The highest BCUT2D eigenvalue weighted by atomic mass is 32.1. The van der Waals surface area contributed by atoms with E-state index in [4.69, 9.17) is 4.74 Å². The molecule has 4 rings (SSSR count). The zero-order chi connectivity index (χ0) is 20.4. The van der Waals surface area contributed by atoms with Gasteiger partial charge in [-0.15, -0.1) is 0 Å². The highest BCUT2D eigenvalue weighted by molar-refractivity contribution is 7.10. The van der Waals surface area contributed by atoms with Crippen LogP contribution in [0.4, 0.5) is 11.4 Å². The highest BCUT2D eigenvalue weighted by Gasteiger charge is 2.14. The van der Waals surface area contributed by atoms with Gasteiger partial charge in [0, 0.05) is 24.4 Å². The molecule has 2 heterocycles. The number of aliphatic imine (C=N–C) groups is 1. The monoisotopic (exact) mass is 405 g/mol. The molecule has 3 aromatic rings. The molecule has 0 saturated heterocycles. The third-order valence-corrected chi connectivity index (χ3v) is 5.54. The van der Waals surface area contributed by atoms with Crippen molar-refractivity contribution in [2.45, 2.75) is 6.92 Å². The smallest absolute Gasteiger partial charge is 0.338 e. The van der Waals surface area contributed by atoms with Crippen LogP contribution in [0.5, 0.6) is 5.88 Å². The number of nitrogens with zero attached hydrogens (tertiary/aromatic N) is 3. The van der Waals surface area contributed by atoms with Gasteiger partial charge in [-0.05, 0) is 43.3 Å². The number of esters is 1. The third kappa shape index (κ3) is 3.77. The Balaban J connectivity index is 1.66. The van der Waals surface area contributed by atoms with Crippen LogP contribution >= 0.6 is 11.3 Å². The lowest BCUT2D eigenvalue weighted by Gasteiger charge is -2.01. The van der Waals surface area contributed by atoms with Gasteiger partial charge in [0.25, 0.3) is 0 Å². The number of rotatable bonds is 4. The molecule has 0 radical (unpaired) electrons. The number of aromatic hydroxyl groups is 1. The molecule has 0 spiro atoms. The normalized spacial score (nSPS) is 14.4. The number of hydrogen-bond donors (Lipinski definition) is 1. The van der Waals surface area contributed by atoms with Gasteiger partial charge >= 0.3 is 5.97 Å². The Kier molecular flexibility index (Phi) is 5.14. The fourth-order valence-electron chi connectivity index (χ4n) is 2.95. The first-order valence-corrected chi connectivity index (χ1v) is 9.94. The van der Waals surface area contributed by atoms with Crippen LogP contribution in [0, 0.1) is 0 Å². The Morgan fingerprint density at radius 2 is 2.00 bits per heavy atom. The van der Waals surface area contributed by atoms with Crippen LogP contribution in [0.1, 0.15) is 27.7 Å². The Bertz CT molecular complexity index is 1200. The first-order valence-electron chi connectivity index (χ1n) is 9.12. The molecule has 0 amide bonds. The van der Waals surface area contributed by atoms with E-state index in [2.05, 4.69) is 9.98 Å². The summed E-state index contributed by atoms with van der Waals surface area (Å²) in [5.74, 6) is -0.215. The van der Waals surface area contributed by atoms with Crippen molar-refractivity contribution in [3.05, 3.63) is 69.3 Å². The Morgan fingerprint density at radius 3 is 2.76 bits per heavy atom. The molecule has 6 nitrogen and oxygen atoms in total. The van der Waals surface area contributed by atoms with Crippen LogP contribution in [-0.2, 0) is 11.8 Å². The van der Waals surface area contributed by atoms with E-state index in [0.717, 1.165) is 16.8 Å². The second-order valence-corrected chi connectivity index (χ2v) is 7.39. The molecular weight excluding hydrogens is 386 g/mol. The maximum Gasteiger partial charge on any atom is 0.338 e. The van der Waals surface area contributed by atoms with Crippen LogP contribution in [0.3, 0.4) is 0 Å². The molecule has 1 aromatic heterocycles. The average Bonchev–Trinajstić information content (AvgIpc) is 3.26. The van der Waals surface area contributed by atoms with Crippen LogP contribution in [0.15, 0.2) is 58.5 Å². The van der Waals surface area contributed by atoms with Crippen LogP contribution in [0.25, 0.3) is 11.6 Å². The zero-order valence-electron chi connectivity index (χ0n) is 16.0. The second kappa shape index (κ2) is 7.89. The summed E-state index contributed by atoms with van der Waals surface area (Å²) in [6.07, 6.45) is 3.72. The molecule has 7 heteroatoms. The molecule has 0 aliphatic carbocycles. The van der Waals surface area contributed by atoms with Gasteiger partial charge in [-0.2, -0.15) is 0 Å². The predicted molar refractivity (Wildman–Crippen MR) is 115 cm³/mol. The van der Waals surface area contributed by atoms with Gasteiger partial charge in [0.05, 0.1) is 28.4 Å². The van der Waals surface area contributed by atoms with Crippen molar-refractivity contribution in [1.82, 2.24) is 4.57 Å². The van der Waals surface area contributed by atoms with Crippen molar-refractivity contribution in [1.29, 1.82) is 0 Å². The van der Waals surface area contributed by atoms with Crippen LogP contribution in [0.2, 0.25) is 0 Å². The predicted octanol–water partition coefficient (Wildman–Crippen LogP) is 4.46. The maximum atomic E-state index is 11.8. The Labute approximate surface area is 171 Å². The average molecular weight is 405 g/mol. The number of para-hydroxylation sites is 1. The highest BCUT2D eigenvalue weighted by Crippen LogP contribution is 2.34. The summed E-state index contributed by atoms with van der Waals surface area (Å²) < 4.78 is 6.62. The summed E-state index contributed by atoms with van der Waals surface area (Å²) in [6.45, 7) is 2.11. The van der Waals surface area contributed by atoms with Gasteiger partial charge in [-0.1, -0.05) is 29.5 Å². The lowest BCUT2D eigenvalue weighted by Crippen LogP contribution is -2.08. The summed E-state index contributed by atoms with van der Waals surface area (Å²) in [6, 6.07) is 14.7. The van der Waals surface area contributed by atoms with Gasteiger partial charge in [-0.3, -0.25) is 9.56 Å². The first kappa shape index (κ1) is 18.9. The summed E-state index contributed by atoms with van der Waals surface area (Å²) in [5, 5.41) is 10.5. The number of benzene rings is 2. The van der Waals surface area contributed by atoms with Gasteiger partial charge in [0.2, 0.25) is 5.88 Å². The Morgan fingerprint density at radius 1 is 1.24 bits per heavy atom. The lowest BCUT2D eigenvalue weighted by atomic mass is 10.1. The van der Waals surface area contributed by atoms with Crippen molar-refractivity contribution in [2.75, 3.05) is 6.61 Å². The lowest BCUT2D eigenvalue weighted by molar-refractivity contribution is 0.0526. The number of ether oxygens (including phenoxy) is 1. The first-order chi connectivity index (χ1) is 14.1. The molecule has 0 unspecified atom stereocenters. The van der Waals surface area contributed by atoms with Crippen molar-refractivity contribution in [3.8, 4) is 5.88 Å². The fraction of sp³-hybridized carbons (Fsp3) is 0.136. The summed E-state index contributed by atoms with van der Waals surface area (Å²) >= 11 is 1.38.